The van der Waals surface area contributed by atoms with E-state index in [2.05, 4.69) is 15.8 Å². The van der Waals surface area contributed by atoms with Crippen LogP contribution in [0, 0.1) is 6.92 Å². The third kappa shape index (κ3) is 6.72. The van der Waals surface area contributed by atoms with E-state index in [0.717, 1.165) is 5.56 Å². The number of hydrogen-bond donors (Lipinski definition) is 2. The van der Waals surface area contributed by atoms with Gasteiger partial charge in [0.25, 0.3) is 0 Å². The van der Waals surface area contributed by atoms with Gasteiger partial charge in [-0.15, -0.1) is 0 Å². The number of rotatable bonds is 7. The lowest BCUT2D eigenvalue weighted by molar-refractivity contribution is -0.139. The highest BCUT2D eigenvalue weighted by Crippen LogP contribution is 2.19. The Balaban J connectivity index is 1.94. The number of aryl methyl sites for hydroxylation is 1. The van der Waals surface area contributed by atoms with E-state index in [-0.39, 0.29) is 16.7 Å². The van der Waals surface area contributed by atoms with E-state index >= 15 is 0 Å². The Hall–Kier alpha value is -3.20. The van der Waals surface area contributed by atoms with E-state index in [1.807, 2.05) is 13.8 Å². The molecule has 2 N–H and O–H groups in total. The third-order valence-electron chi connectivity index (χ3n) is 3.97. The molecule has 0 aliphatic carbocycles. The Morgan fingerprint density at radius 2 is 1.69 bits per heavy atom. The first-order valence-electron chi connectivity index (χ1n) is 8.96. The summed E-state index contributed by atoms with van der Waals surface area (Å²) in [4.78, 5) is 23.3. The maximum absolute atomic E-state index is 12.3. The zero-order valence-corrected chi connectivity index (χ0v) is 17.2. The van der Waals surface area contributed by atoms with Crippen LogP contribution in [-0.2, 0) is 19.7 Å². The Bertz CT molecular complexity index is 984. The van der Waals surface area contributed by atoms with Crippen molar-refractivity contribution in [1.82, 2.24) is 10.7 Å². The van der Waals surface area contributed by atoms with Gasteiger partial charge in [0.1, 0.15) is 10.6 Å². The van der Waals surface area contributed by atoms with Gasteiger partial charge >= 0.3 is 21.9 Å². The van der Waals surface area contributed by atoms with Gasteiger partial charge in [-0.05, 0) is 62.2 Å². The van der Waals surface area contributed by atoms with Crippen LogP contribution in [0.2, 0.25) is 0 Å². The highest BCUT2D eigenvalue weighted by Gasteiger charge is 2.16. The smallest absolute Gasteiger partial charge is 0.339 e. The van der Waals surface area contributed by atoms with Gasteiger partial charge in [-0.25, -0.2) is 5.43 Å². The van der Waals surface area contributed by atoms with E-state index in [4.69, 9.17) is 4.18 Å². The van der Waals surface area contributed by atoms with Crippen LogP contribution in [0.3, 0.4) is 0 Å². The second kappa shape index (κ2) is 9.83. The first-order valence-corrected chi connectivity index (χ1v) is 10.4. The quantitative estimate of drug-likeness (QED) is 0.310. The zero-order chi connectivity index (χ0) is 21.4. The molecule has 0 aliphatic heterocycles. The molecule has 0 saturated heterocycles. The predicted molar refractivity (Wildman–Crippen MR) is 109 cm³/mol. The van der Waals surface area contributed by atoms with Gasteiger partial charge in [-0.1, -0.05) is 24.6 Å². The first-order chi connectivity index (χ1) is 13.7. The summed E-state index contributed by atoms with van der Waals surface area (Å²) < 4.78 is 29.7. The summed E-state index contributed by atoms with van der Waals surface area (Å²) in [5.74, 6) is -1.49. The van der Waals surface area contributed by atoms with Crippen LogP contribution in [0.25, 0.3) is 0 Å². The van der Waals surface area contributed by atoms with Crippen LogP contribution in [0.5, 0.6) is 5.75 Å². The molecule has 2 amide bonds. The molecule has 0 spiro atoms. The normalized spacial score (nSPS) is 12.4. The fourth-order valence-electron chi connectivity index (χ4n) is 2.10. The molecule has 9 heteroatoms. The molecule has 0 aliphatic rings. The number of amides is 2. The average Bonchev–Trinajstić information content (AvgIpc) is 2.69. The van der Waals surface area contributed by atoms with Gasteiger partial charge in [0.05, 0.1) is 6.21 Å². The zero-order valence-electron chi connectivity index (χ0n) is 16.4. The van der Waals surface area contributed by atoms with Crippen LogP contribution in [-0.4, -0.2) is 32.5 Å². The summed E-state index contributed by atoms with van der Waals surface area (Å²) in [7, 11) is -3.93. The molecule has 0 aromatic heterocycles. The molecule has 0 bridgehead atoms. The maximum Gasteiger partial charge on any atom is 0.339 e. The molecule has 2 aromatic carbocycles. The van der Waals surface area contributed by atoms with Crippen molar-refractivity contribution in [3.63, 3.8) is 0 Å². The SMILES string of the molecule is CC[C@H](C)NC(=O)C(=O)N/N=C\c1ccc(OS(=O)(=O)c2ccc(C)cc2)cc1. The van der Waals surface area contributed by atoms with E-state index < -0.39 is 21.9 Å². The minimum atomic E-state index is -3.93. The highest BCUT2D eigenvalue weighted by molar-refractivity contribution is 7.87. The van der Waals surface area contributed by atoms with Crippen LogP contribution in [0.4, 0.5) is 0 Å². The van der Waals surface area contributed by atoms with Crippen LogP contribution < -0.4 is 14.9 Å². The van der Waals surface area contributed by atoms with E-state index in [9.17, 15) is 18.0 Å². The fourth-order valence-corrected chi connectivity index (χ4v) is 3.03. The molecule has 2 aromatic rings. The topological polar surface area (TPSA) is 114 Å². The number of carbonyl (C=O) groups is 2. The van der Waals surface area contributed by atoms with Crippen molar-refractivity contribution < 1.29 is 22.2 Å². The molecule has 154 valence electrons. The van der Waals surface area contributed by atoms with Gasteiger partial charge in [-0.3, -0.25) is 9.59 Å². The Kier molecular flexibility index (Phi) is 7.49. The minimum absolute atomic E-state index is 0.0621. The maximum atomic E-state index is 12.3. The molecule has 0 radical (unpaired) electrons. The van der Waals surface area contributed by atoms with E-state index in [1.165, 1.54) is 30.5 Å². The molecule has 0 fully saturated rings. The van der Waals surface area contributed by atoms with Gasteiger partial charge in [0.2, 0.25) is 0 Å². The second-order valence-electron chi connectivity index (χ2n) is 6.40. The lowest BCUT2D eigenvalue weighted by Crippen LogP contribution is -2.41. The van der Waals surface area contributed by atoms with Crippen LogP contribution >= 0.6 is 0 Å². The third-order valence-corrected chi connectivity index (χ3v) is 5.23. The Morgan fingerprint density at radius 3 is 2.28 bits per heavy atom. The molecular weight excluding hydrogens is 394 g/mol. The fraction of sp³-hybridized carbons (Fsp3) is 0.250. The van der Waals surface area contributed by atoms with Crippen molar-refractivity contribution in [1.29, 1.82) is 0 Å². The molecule has 8 nitrogen and oxygen atoms in total. The largest absolute Gasteiger partial charge is 0.379 e. The van der Waals surface area contributed by atoms with E-state index in [1.54, 1.807) is 31.2 Å². The van der Waals surface area contributed by atoms with Crippen molar-refractivity contribution in [2.24, 2.45) is 5.10 Å². The second-order valence-corrected chi connectivity index (χ2v) is 7.95. The molecule has 0 saturated carbocycles. The standard InChI is InChI=1S/C20H23N3O5S/c1-4-15(3)22-19(24)20(25)23-21-13-16-7-9-17(10-8-16)28-29(26,27)18-11-5-14(2)6-12-18/h5-13,15H,4H2,1-3H3,(H,22,24)(H,23,25)/b21-13-/t15-/m0/s1. The average molecular weight is 417 g/mol. The van der Waals surface area contributed by atoms with Gasteiger partial charge in [0, 0.05) is 6.04 Å². The summed E-state index contributed by atoms with van der Waals surface area (Å²) in [6.07, 6.45) is 2.03. The van der Waals surface area contributed by atoms with Crippen LogP contribution in [0.15, 0.2) is 58.5 Å². The van der Waals surface area contributed by atoms with Crippen molar-refractivity contribution in [3.05, 3.63) is 59.7 Å². The summed E-state index contributed by atoms with van der Waals surface area (Å²) in [5, 5.41) is 6.24. The molecule has 0 unspecified atom stereocenters. The Labute approximate surface area is 170 Å². The molecular formula is C20H23N3O5S. The number of carbonyl (C=O) groups excluding carboxylic acids is 2. The van der Waals surface area contributed by atoms with Gasteiger partial charge in [-0.2, -0.15) is 13.5 Å². The summed E-state index contributed by atoms with van der Waals surface area (Å²) in [6, 6.07) is 12.3. The van der Waals surface area contributed by atoms with Crippen molar-refractivity contribution in [2.45, 2.75) is 38.1 Å². The van der Waals surface area contributed by atoms with Gasteiger partial charge in [0.15, 0.2) is 0 Å². The number of hydrogen-bond acceptors (Lipinski definition) is 6. The summed E-state index contributed by atoms with van der Waals surface area (Å²) in [6.45, 7) is 5.54. The van der Waals surface area contributed by atoms with E-state index in [0.29, 0.717) is 12.0 Å². The molecule has 0 heterocycles. The molecule has 29 heavy (non-hydrogen) atoms. The number of hydrazone groups is 1. The van der Waals surface area contributed by atoms with Crippen LogP contribution in [0.1, 0.15) is 31.4 Å². The van der Waals surface area contributed by atoms with Crippen molar-refractivity contribution >= 4 is 28.1 Å². The summed E-state index contributed by atoms with van der Waals surface area (Å²) >= 11 is 0. The Morgan fingerprint density at radius 1 is 1.07 bits per heavy atom. The minimum Gasteiger partial charge on any atom is -0.379 e. The number of benzene rings is 2. The predicted octanol–water partition coefficient (Wildman–Crippen LogP) is 2.13. The van der Waals surface area contributed by atoms with Crippen molar-refractivity contribution in [2.75, 3.05) is 0 Å². The molecule has 1 atom stereocenters. The first kappa shape index (κ1) is 22.1. The lowest BCUT2D eigenvalue weighted by atomic mass is 10.2. The lowest BCUT2D eigenvalue weighted by Gasteiger charge is -2.09. The highest BCUT2D eigenvalue weighted by atomic mass is 32.2. The van der Waals surface area contributed by atoms with Crippen molar-refractivity contribution in [3.8, 4) is 5.75 Å². The van der Waals surface area contributed by atoms with Gasteiger partial charge < -0.3 is 9.50 Å². The number of nitrogens with zero attached hydrogens (tertiary/aromatic N) is 1. The summed E-state index contributed by atoms with van der Waals surface area (Å²) in [5.41, 5.74) is 3.65. The monoisotopic (exact) mass is 417 g/mol. The molecule has 2 rings (SSSR count). The number of nitrogens with one attached hydrogen (secondary N) is 2.